The van der Waals surface area contributed by atoms with Crippen LogP contribution >= 0.6 is 15.9 Å². The van der Waals surface area contributed by atoms with E-state index in [1.165, 1.54) is 4.90 Å². The summed E-state index contributed by atoms with van der Waals surface area (Å²) in [6.45, 7) is 0. The second-order valence-electron chi connectivity index (χ2n) is 7.90. The molecule has 2 aliphatic carbocycles. The Morgan fingerprint density at radius 3 is 2.04 bits per heavy atom. The Morgan fingerprint density at radius 1 is 0.893 bits per heavy atom. The molecule has 0 unspecified atom stereocenters. The number of carbonyl (C=O) groups excluding carboxylic acids is 3. The van der Waals surface area contributed by atoms with E-state index in [0.717, 1.165) is 23.7 Å². The lowest BCUT2D eigenvalue weighted by Gasteiger charge is -2.19. The van der Waals surface area contributed by atoms with Crippen LogP contribution < -0.4 is 10.2 Å². The molecule has 1 saturated heterocycles. The number of nitrogens with zero attached hydrogens (tertiary/aromatic N) is 1. The van der Waals surface area contributed by atoms with Crippen molar-refractivity contribution in [1.29, 1.82) is 0 Å². The molecular weight excluding hydrogens is 420 g/mol. The van der Waals surface area contributed by atoms with Crippen LogP contribution in [0.1, 0.15) is 29.6 Å². The van der Waals surface area contributed by atoms with Crippen LogP contribution in [-0.2, 0) is 9.59 Å². The molecule has 4 atom stereocenters. The number of hydrogen-bond donors (Lipinski definition) is 1. The van der Waals surface area contributed by atoms with E-state index in [2.05, 4.69) is 21.2 Å². The number of nitrogens with one attached hydrogen (secondary N) is 1. The normalized spacial score (nSPS) is 28.0. The number of amides is 3. The predicted molar refractivity (Wildman–Crippen MR) is 109 cm³/mol. The van der Waals surface area contributed by atoms with Crippen LogP contribution in [0.3, 0.4) is 0 Å². The van der Waals surface area contributed by atoms with Gasteiger partial charge in [-0.1, -0.05) is 15.9 Å². The van der Waals surface area contributed by atoms with E-state index in [-0.39, 0.29) is 29.6 Å². The lowest BCUT2D eigenvalue weighted by atomic mass is 9.81. The van der Waals surface area contributed by atoms with Gasteiger partial charge in [0, 0.05) is 15.7 Å². The maximum absolute atomic E-state index is 12.9. The number of rotatable bonds is 3. The van der Waals surface area contributed by atoms with Gasteiger partial charge in [0.25, 0.3) is 5.91 Å². The molecule has 3 aliphatic rings. The molecule has 2 saturated carbocycles. The molecule has 142 valence electrons. The summed E-state index contributed by atoms with van der Waals surface area (Å²) < 4.78 is 0.938. The number of fused-ring (bicyclic) bond motifs is 5. The summed E-state index contributed by atoms with van der Waals surface area (Å²) >= 11 is 3.36. The molecule has 2 bridgehead atoms. The van der Waals surface area contributed by atoms with E-state index in [0.29, 0.717) is 28.8 Å². The van der Waals surface area contributed by atoms with Crippen molar-refractivity contribution in [2.45, 2.75) is 19.3 Å². The summed E-state index contributed by atoms with van der Waals surface area (Å²) in [6.07, 6.45) is 3.15. The number of halogens is 1. The maximum atomic E-state index is 12.9. The summed E-state index contributed by atoms with van der Waals surface area (Å²) in [5.41, 5.74) is 1.74. The summed E-state index contributed by atoms with van der Waals surface area (Å²) in [5.74, 6) is 0.115. The Labute approximate surface area is 171 Å². The van der Waals surface area contributed by atoms with E-state index < -0.39 is 0 Å². The number of hydrogen-bond acceptors (Lipinski definition) is 3. The van der Waals surface area contributed by atoms with Gasteiger partial charge in [-0.2, -0.15) is 0 Å². The monoisotopic (exact) mass is 438 g/mol. The third-order valence-electron chi connectivity index (χ3n) is 6.42. The SMILES string of the molecule is O=C(Nc1ccc(Br)cc1)c1ccc(N2C(=O)[C@@H]3[C@H]4CC[C@@H](C4)[C@H]3C2=O)cc1. The second-order valence-corrected chi connectivity index (χ2v) is 8.82. The van der Waals surface area contributed by atoms with E-state index in [1.54, 1.807) is 24.3 Å². The Balaban J connectivity index is 1.34. The average Bonchev–Trinajstić information content (AvgIpc) is 3.38. The largest absolute Gasteiger partial charge is 0.322 e. The molecule has 2 aromatic carbocycles. The highest BCUT2D eigenvalue weighted by Crippen LogP contribution is 2.56. The van der Waals surface area contributed by atoms with Crippen molar-refractivity contribution >= 4 is 45.0 Å². The molecule has 1 N–H and O–H groups in total. The number of imide groups is 1. The van der Waals surface area contributed by atoms with E-state index in [9.17, 15) is 14.4 Å². The summed E-state index contributed by atoms with van der Waals surface area (Å²) in [7, 11) is 0. The van der Waals surface area contributed by atoms with Gasteiger partial charge in [0.15, 0.2) is 0 Å². The highest BCUT2D eigenvalue weighted by Gasteiger charge is 2.61. The van der Waals surface area contributed by atoms with E-state index in [4.69, 9.17) is 0 Å². The zero-order chi connectivity index (χ0) is 19.4. The van der Waals surface area contributed by atoms with Crippen LogP contribution in [-0.4, -0.2) is 17.7 Å². The average molecular weight is 439 g/mol. The van der Waals surface area contributed by atoms with Crippen molar-refractivity contribution in [2.24, 2.45) is 23.7 Å². The first kappa shape index (κ1) is 17.6. The molecule has 0 aromatic heterocycles. The molecule has 0 radical (unpaired) electrons. The molecule has 1 heterocycles. The standard InChI is InChI=1S/C22H19BrN2O3/c23-15-5-7-16(8-6-15)24-20(26)12-3-9-17(10-4-12)25-21(27)18-13-1-2-14(11-13)19(18)22(25)28/h3-10,13-14,18-19H,1-2,11H2,(H,24,26)/t13-,14-,18+,19+/m0/s1. The lowest BCUT2D eigenvalue weighted by Crippen LogP contribution is -2.32. The van der Waals surface area contributed by atoms with Gasteiger partial charge >= 0.3 is 0 Å². The van der Waals surface area contributed by atoms with Gasteiger partial charge in [-0.3, -0.25) is 19.3 Å². The van der Waals surface area contributed by atoms with E-state index in [1.807, 2.05) is 24.3 Å². The highest BCUT2D eigenvalue weighted by atomic mass is 79.9. The van der Waals surface area contributed by atoms with Gasteiger partial charge in [-0.15, -0.1) is 0 Å². The number of anilines is 2. The highest BCUT2D eigenvalue weighted by molar-refractivity contribution is 9.10. The van der Waals surface area contributed by atoms with Gasteiger partial charge in [-0.25, -0.2) is 0 Å². The molecule has 28 heavy (non-hydrogen) atoms. The number of carbonyl (C=O) groups is 3. The summed E-state index contributed by atoms with van der Waals surface area (Å²) in [5, 5.41) is 2.84. The number of benzene rings is 2. The minimum Gasteiger partial charge on any atom is -0.322 e. The molecule has 6 heteroatoms. The molecular formula is C22H19BrN2O3. The van der Waals surface area contributed by atoms with Crippen molar-refractivity contribution < 1.29 is 14.4 Å². The molecule has 3 fully saturated rings. The van der Waals surface area contributed by atoms with Crippen LogP contribution in [0.2, 0.25) is 0 Å². The molecule has 1 aliphatic heterocycles. The van der Waals surface area contributed by atoms with Gasteiger partial charge in [0.2, 0.25) is 11.8 Å². The maximum Gasteiger partial charge on any atom is 0.255 e. The fraction of sp³-hybridized carbons (Fsp3) is 0.318. The van der Waals surface area contributed by atoms with Crippen LogP contribution in [0.15, 0.2) is 53.0 Å². The minimum atomic E-state index is -0.233. The Kier molecular flexibility index (Phi) is 4.12. The third-order valence-corrected chi connectivity index (χ3v) is 6.95. The smallest absolute Gasteiger partial charge is 0.255 e. The summed E-state index contributed by atoms with van der Waals surface area (Å²) in [4.78, 5) is 39.6. The van der Waals surface area contributed by atoms with Gasteiger partial charge in [0.1, 0.15) is 0 Å². The Bertz CT molecular complexity index is 942. The fourth-order valence-electron chi connectivity index (χ4n) is 5.16. The van der Waals surface area contributed by atoms with Gasteiger partial charge < -0.3 is 5.32 Å². The van der Waals surface area contributed by atoms with Gasteiger partial charge in [0.05, 0.1) is 17.5 Å². The molecule has 2 aromatic rings. The molecule has 5 nitrogen and oxygen atoms in total. The Hall–Kier alpha value is -2.47. The first-order valence-electron chi connectivity index (χ1n) is 9.58. The quantitative estimate of drug-likeness (QED) is 0.728. The van der Waals surface area contributed by atoms with Crippen LogP contribution in [0.4, 0.5) is 11.4 Å². The molecule has 3 amide bonds. The molecule has 5 rings (SSSR count). The van der Waals surface area contributed by atoms with Crippen molar-refractivity contribution in [3.05, 3.63) is 58.6 Å². The minimum absolute atomic E-state index is 0.0609. The third kappa shape index (κ3) is 2.70. The first-order chi connectivity index (χ1) is 13.5. The topological polar surface area (TPSA) is 66.5 Å². The van der Waals surface area contributed by atoms with Crippen molar-refractivity contribution in [1.82, 2.24) is 0 Å². The zero-order valence-electron chi connectivity index (χ0n) is 15.1. The zero-order valence-corrected chi connectivity index (χ0v) is 16.7. The Morgan fingerprint density at radius 2 is 1.46 bits per heavy atom. The first-order valence-corrected chi connectivity index (χ1v) is 10.4. The van der Waals surface area contributed by atoms with Crippen molar-refractivity contribution in [2.75, 3.05) is 10.2 Å². The second kappa shape index (κ2) is 6.55. The summed E-state index contributed by atoms with van der Waals surface area (Å²) in [6, 6.07) is 14.0. The fourth-order valence-corrected chi connectivity index (χ4v) is 5.43. The van der Waals surface area contributed by atoms with Crippen LogP contribution in [0.5, 0.6) is 0 Å². The van der Waals surface area contributed by atoms with Gasteiger partial charge in [-0.05, 0) is 79.6 Å². The lowest BCUT2D eigenvalue weighted by molar-refractivity contribution is -0.123. The van der Waals surface area contributed by atoms with Crippen molar-refractivity contribution in [3.8, 4) is 0 Å². The predicted octanol–water partition coefficient (Wildman–Crippen LogP) is 4.24. The van der Waals surface area contributed by atoms with Crippen molar-refractivity contribution in [3.63, 3.8) is 0 Å². The van der Waals surface area contributed by atoms with Crippen LogP contribution in [0.25, 0.3) is 0 Å². The molecule has 0 spiro atoms. The van der Waals surface area contributed by atoms with E-state index >= 15 is 0 Å². The van der Waals surface area contributed by atoms with Crippen LogP contribution in [0, 0.1) is 23.7 Å².